The smallest absolute Gasteiger partial charge is 0.355 e. The molecule has 0 aliphatic carbocycles. The largest absolute Gasteiger partial charge is 0.457 e. The van der Waals surface area contributed by atoms with Crippen LogP contribution in [0.15, 0.2) is 34.1 Å². The maximum Gasteiger partial charge on any atom is 0.355 e. The van der Waals surface area contributed by atoms with Crippen molar-refractivity contribution in [1.82, 2.24) is 19.8 Å². The van der Waals surface area contributed by atoms with Gasteiger partial charge in [0.15, 0.2) is 0 Å². The van der Waals surface area contributed by atoms with E-state index in [0.717, 1.165) is 53.6 Å². The predicted molar refractivity (Wildman–Crippen MR) is 165 cm³/mol. The Morgan fingerprint density at radius 2 is 2.00 bits per heavy atom. The van der Waals surface area contributed by atoms with Crippen LogP contribution in [0.2, 0.25) is 0 Å². The zero-order valence-corrected chi connectivity index (χ0v) is 25.4. The third-order valence-electron chi connectivity index (χ3n) is 8.66. The van der Waals surface area contributed by atoms with Gasteiger partial charge < -0.3 is 29.2 Å². The van der Waals surface area contributed by atoms with Crippen molar-refractivity contribution in [1.29, 1.82) is 0 Å². The van der Waals surface area contributed by atoms with E-state index in [1.807, 2.05) is 24.5 Å². The van der Waals surface area contributed by atoms with Crippen molar-refractivity contribution in [3.8, 4) is 11.4 Å². The van der Waals surface area contributed by atoms with Gasteiger partial charge in [-0.15, -0.1) is 0 Å². The summed E-state index contributed by atoms with van der Waals surface area (Å²) in [6, 6.07) is 7.57. The number of nitrogens with one attached hydrogen (secondary N) is 1. The van der Waals surface area contributed by atoms with Gasteiger partial charge in [0.2, 0.25) is 11.5 Å². The Hall–Kier alpha value is -4.58. The average Bonchev–Trinajstić information content (AvgIpc) is 3.38. The molecule has 0 radical (unpaired) electrons. The monoisotopic (exact) mass is 600 g/mol. The van der Waals surface area contributed by atoms with Crippen molar-refractivity contribution in [3.63, 3.8) is 0 Å². The Morgan fingerprint density at radius 1 is 1.18 bits per heavy atom. The Kier molecular flexibility index (Phi) is 7.70. The van der Waals surface area contributed by atoms with Crippen molar-refractivity contribution in [3.05, 3.63) is 51.3 Å². The summed E-state index contributed by atoms with van der Waals surface area (Å²) < 4.78 is 13.0. The lowest BCUT2D eigenvalue weighted by Gasteiger charge is -2.36. The molecule has 2 aromatic heterocycles. The number of carbonyl (C=O) groups is 3. The molecule has 0 saturated carbocycles. The van der Waals surface area contributed by atoms with Crippen LogP contribution < -0.4 is 15.8 Å². The molecule has 3 aliphatic rings. The number of amides is 1. The number of pyridine rings is 2. The summed E-state index contributed by atoms with van der Waals surface area (Å²) in [6.45, 7) is 4.38. The average molecular weight is 601 g/mol. The molecule has 1 atom stereocenters. The van der Waals surface area contributed by atoms with Gasteiger partial charge in [-0.1, -0.05) is 32.8 Å². The molecule has 0 bridgehead atoms. The quantitative estimate of drug-likeness (QED) is 0.215. The van der Waals surface area contributed by atoms with Gasteiger partial charge in [-0.2, -0.15) is 0 Å². The minimum Gasteiger partial charge on any atom is -0.457 e. The molecule has 5 heterocycles. The molecule has 1 amide bonds. The van der Waals surface area contributed by atoms with Crippen molar-refractivity contribution in [2.24, 2.45) is 4.99 Å². The maximum absolute atomic E-state index is 14.1. The van der Waals surface area contributed by atoms with Gasteiger partial charge in [0.05, 0.1) is 58.7 Å². The number of unbranched alkanes of at least 4 members (excludes halogenated alkanes) is 2. The highest BCUT2D eigenvalue weighted by atomic mass is 16.6. The molecule has 1 N–H and O–H groups in total. The topological polar surface area (TPSA) is 135 Å². The minimum absolute atomic E-state index is 0.0376. The summed E-state index contributed by atoms with van der Waals surface area (Å²) in [7, 11) is 3.11. The van der Waals surface area contributed by atoms with E-state index in [4.69, 9.17) is 19.5 Å². The molecule has 12 nitrogen and oxygen atoms in total. The second-order valence-corrected chi connectivity index (χ2v) is 11.4. The van der Waals surface area contributed by atoms with E-state index in [0.29, 0.717) is 23.5 Å². The molecule has 1 aromatic carbocycles. The number of carbonyl (C=O) groups excluding carboxylic acids is 3. The van der Waals surface area contributed by atoms with Gasteiger partial charge >= 0.3 is 11.9 Å². The molecule has 44 heavy (non-hydrogen) atoms. The molecule has 3 aromatic rings. The fourth-order valence-corrected chi connectivity index (χ4v) is 6.36. The summed E-state index contributed by atoms with van der Waals surface area (Å²) in [6.07, 6.45) is 5.06. The number of nitrogens with zero attached hydrogens (tertiary/aromatic N) is 5. The number of rotatable bonds is 10. The number of aliphatic imine (C=N–C) groups is 1. The highest BCUT2D eigenvalue weighted by Crippen LogP contribution is 2.47. The Morgan fingerprint density at radius 3 is 2.75 bits per heavy atom. The highest BCUT2D eigenvalue weighted by molar-refractivity contribution is 6.11. The van der Waals surface area contributed by atoms with Crippen LogP contribution >= 0.6 is 0 Å². The minimum atomic E-state index is -1.84. The number of hydrogen-bond donors (Lipinski definition) is 1. The summed E-state index contributed by atoms with van der Waals surface area (Å²) in [5.74, 6) is -1.85. The van der Waals surface area contributed by atoms with E-state index in [-0.39, 0.29) is 43.1 Å². The fraction of sp³-hybridized carbons (Fsp3) is 0.438. The van der Waals surface area contributed by atoms with Crippen LogP contribution in [0.3, 0.4) is 0 Å². The number of ether oxygens (including phenoxy) is 2. The first-order valence-electron chi connectivity index (χ1n) is 15.1. The third kappa shape index (κ3) is 4.64. The lowest BCUT2D eigenvalue weighted by Crippen LogP contribution is -2.49. The summed E-state index contributed by atoms with van der Waals surface area (Å²) in [4.78, 5) is 65.9. The molecular weight excluding hydrogens is 564 g/mol. The van der Waals surface area contributed by atoms with E-state index in [2.05, 4.69) is 17.1 Å². The van der Waals surface area contributed by atoms with E-state index >= 15 is 0 Å². The molecule has 230 valence electrons. The lowest BCUT2D eigenvalue weighted by atomic mass is 9.85. The molecule has 6 rings (SSSR count). The Balaban J connectivity index is 1.46. The van der Waals surface area contributed by atoms with Crippen LogP contribution in [-0.4, -0.2) is 72.4 Å². The zero-order chi connectivity index (χ0) is 31.2. The summed E-state index contributed by atoms with van der Waals surface area (Å²) in [5, 5.41) is 3.70. The van der Waals surface area contributed by atoms with Crippen molar-refractivity contribution >= 4 is 46.5 Å². The first kappa shape index (κ1) is 29.5. The predicted octanol–water partition coefficient (Wildman–Crippen LogP) is 2.98. The van der Waals surface area contributed by atoms with Gasteiger partial charge in [0.1, 0.15) is 13.2 Å². The number of hydrogen-bond acceptors (Lipinski definition) is 10. The number of aromatic nitrogens is 2. The molecule has 0 fully saturated rings. The molecule has 12 heteroatoms. The first-order valence-corrected chi connectivity index (χ1v) is 15.1. The van der Waals surface area contributed by atoms with E-state index < -0.39 is 17.5 Å². The van der Waals surface area contributed by atoms with Gasteiger partial charge in [0, 0.05) is 24.7 Å². The van der Waals surface area contributed by atoms with Crippen LogP contribution in [0.4, 0.5) is 11.4 Å². The van der Waals surface area contributed by atoms with Gasteiger partial charge in [-0.05, 0) is 38.1 Å². The van der Waals surface area contributed by atoms with Gasteiger partial charge in [-0.3, -0.25) is 14.4 Å². The summed E-state index contributed by atoms with van der Waals surface area (Å²) in [5.41, 5.74) is 3.07. The number of fused-ring (bicyclic) bond motifs is 5. The maximum atomic E-state index is 14.1. The van der Waals surface area contributed by atoms with Crippen LogP contribution in [0.25, 0.3) is 22.3 Å². The number of cyclic esters (lactones) is 1. The van der Waals surface area contributed by atoms with Crippen LogP contribution in [0, 0.1) is 0 Å². The van der Waals surface area contributed by atoms with E-state index in [1.165, 1.54) is 11.9 Å². The third-order valence-corrected chi connectivity index (χ3v) is 8.66. The van der Waals surface area contributed by atoms with Crippen molar-refractivity contribution < 1.29 is 23.9 Å². The summed E-state index contributed by atoms with van der Waals surface area (Å²) >= 11 is 0. The second-order valence-electron chi connectivity index (χ2n) is 11.4. The van der Waals surface area contributed by atoms with Gasteiger partial charge in [0.25, 0.3) is 5.56 Å². The molecule has 0 spiro atoms. The van der Waals surface area contributed by atoms with Crippen LogP contribution in [0.5, 0.6) is 0 Å². The lowest BCUT2D eigenvalue weighted by molar-refractivity contribution is -0.190. The fourth-order valence-electron chi connectivity index (χ4n) is 6.36. The first-order chi connectivity index (χ1) is 21.2. The van der Waals surface area contributed by atoms with Crippen LogP contribution in [0.1, 0.15) is 56.2 Å². The SMILES string of the molecule is CCCCCN1C=Nc2cccc3nc4c(c1c23)Cn1c-4cc2c(c1=O)COC(=O)[C@@]2(CC)OC(=O)CN(C)C(=O)CNC. The number of benzene rings is 1. The number of anilines is 1. The van der Waals surface area contributed by atoms with E-state index in [9.17, 15) is 19.2 Å². The highest BCUT2D eigenvalue weighted by Gasteiger charge is 2.50. The van der Waals surface area contributed by atoms with Crippen LogP contribution in [-0.2, 0) is 42.6 Å². The number of likely N-dealkylation sites (N-methyl/N-ethyl adjacent to an activating group) is 2. The Labute approximate surface area is 254 Å². The molecule has 0 saturated heterocycles. The second kappa shape index (κ2) is 11.5. The molecular formula is C32H36N6O6. The standard InChI is InChI=1S/C32H36N6O6/c1-5-7-8-12-37-18-34-22-10-9-11-23-27(22)29(37)19-15-38-24(28(19)35-23)13-21-20(30(38)41)17-43-31(42)32(21,6-2)44-26(40)16-36(4)25(39)14-33-3/h9-11,13,18,33H,5-8,12,14-17H2,1-4H3/t32-/m0/s1. The molecule has 3 aliphatic heterocycles. The Bertz CT molecular complexity index is 1780. The molecule has 0 unspecified atom stereocenters. The number of esters is 2. The normalized spacial score (nSPS) is 17.6. The van der Waals surface area contributed by atoms with Gasteiger partial charge in [-0.25, -0.2) is 14.8 Å². The van der Waals surface area contributed by atoms with Crippen molar-refractivity contribution in [2.45, 2.75) is 58.3 Å². The van der Waals surface area contributed by atoms with Crippen molar-refractivity contribution in [2.75, 3.05) is 38.6 Å². The zero-order valence-electron chi connectivity index (χ0n) is 25.4. The van der Waals surface area contributed by atoms with E-state index in [1.54, 1.807) is 24.6 Å².